The molecule has 0 saturated heterocycles. The van der Waals surface area contributed by atoms with Crippen molar-refractivity contribution >= 4 is 10.0 Å². The first-order chi connectivity index (χ1) is 9.81. The number of benzene rings is 2. The van der Waals surface area contributed by atoms with Gasteiger partial charge in [0.15, 0.2) is 0 Å². The lowest BCUT2D eigenvalue weighted by atomic mass is 10.0. The van der Waals surface area contributed by atoms with Crippen LogP contribution in [0.5, 0.6) is 0 Å². The van der Waals surface area contributed by atoms with Gasteiger partial charge in [0.25, 0.3) is 0 Å². The Morgan fingerprint density at radius 1 is 1.05 bits per heavy atom. The molecule has 3 nitrogen and oxygen atoms in total. The molecule has 2 rings (SSSR count). The molecule has 0 spiro atoms. The van der Waals surface area contributed by atoms with Gasteiger partial charge < -0.3 is 0 Å². The molecule has 0 saturated carbocycles. The van der Waals surface area contributed by atoms with Crippen LogP contribution in [0.3, 0.4) is 0 Å². The Hall–Kier alpha value is -1.72. The lowest BCUT2D eigenvalue weighted by Crippen LogP contribution is -2.27. The average molecular weight is 307 g/mol. The first-order valence-electron chi connectivity index (χ1n) is 6.65. The number of halogens is 1. The Labute approximate surface area is 124 Å². The first kappa shape index (κ1) is 15.7. The number of rotatable bonds is 4. The molecule has 2 aromatic carbocycles. The zero-order valence-corrected chi connectivity index (χ0v) is 13.0. The average Bonchev–Trinajstić information content (AvgIpc) is 2.41. The molecular weight excluding hydrogens is 289 g/mol. The fourth-order valence-corrected chi connectivity index (χ4v) is 3.53. The second-order valence-electron chi connectivity index (χ2n) is 5.11. The summed E-state index contributed by atoms with van der Waals surface area (Å²) in [5, 5.41) is 0. The molecule has 1 atom stereocenters. The molecular formula is C16H18FNO2S. The van der Waals surface area contributed by atoms with Gasteiger partial charge in [0.2, 0.25) is 10.0 Å². The molecule has 21 heavy (non-hydrogen) atoms. The zero-order valence-electron chi connectivity index (χ0n) is 12.2. The summed E-state index contributed by atoms with van der Waals surface area (Å²) in [6.45, 7) is 5.26. The van der Waals surface area contributed by atoms with Gasteiger partial charge in [0, 0.05) is 6.04 Å². The molecule has 0 aliphatic heterocycles. The van der Waals surface area contributed by atoms with Gasteiger partial charge in [-0.2, -0.15) is 0 Å². The Balaban J connectivity index is 2.29. The van der Waals surface area contributed by atoms with Gasteiger partial charge in [-0.05, 0) is 55.7 Å². The quantitative estimate of drug-likeness (QED) is 0.940. The van der Waals surface area contributed by atoms with Gasteiger partial charge in [-0.25, -0.2) is 17.5 Å². The fraction of sp³-hybridized carbons (Fsp3) is 0.250. The highest BCUT2D eigenvalue weighted by atomic mass is 32.2. The van der Waals surface area contributed by atoms with Crippen LogP contribution >= 0.6 is 0 Å². The van der Waals surface area contributed by atoms with Crippen molar-refractivity contribution in [3.05, 3.63) is 65.0 Å². The van der Waals surface area contributed by atoms with E-state index in [-0.39, 0.29) is 10.9 Å². The van der Waals surface area contributed by atoms with E-state index in [1.165, 1.54) is 18.2 Å². The second-order valence-corrected chi connectivity index (χ2v) is 6.82. The number of nitrogens with one attached hydrogen (secondary N) is 1. The van der Waals surface area contributed by atoms with Crippen molar-refractivity contribution in [1.29, 1.82) is 0 Å². The standard InChI is InChI=1S/C16H18FNO2S/c1-11-6-4-5-7-15(11)13(3)18-21(19,20)14-8-9-16(17)12(2)10-14/h4-10,13,18H,1-3H3/t13-/m1/s1. The van der Waals surface area contributed by atoms with Crippen LogP contribution in [0.15, 0.2) is 47.4 Å². The molecule has 0 heterocycles. The van der Waals surface area contributed by atoms with E-state index in [1.54, 1.807) is 13.8 Å². The number of aryl methyl sites for hydroxylation is 2. The summed E-state index contributed by atoms with van der Waals surface area (Å²) >= 11 is 0. The summed E-state index contributed by atoms with van der Waals surface area (Å²) in [4.78, 5) is 0.0711. The summed E-state index contributed by atoms with van der Waals surface area (Å²) in [6, 6.07) is 11.0. The highest BCUT2D eigenvalue weighted by molar-refractivity contribution is 7.89. The largest absolute Gasteiger partial charge is 0.241 e. The fourth-order valence-electron chi connectivity index (χ4n) is 2.22. The van der Waals surface area contributed by atoms with Crippen molar-refractivity contribution in [2.45, 2.75) is 31.7 Å². The second kappa shape index (κ2) is 5.95. The van der Waals surface area contributed by atoms with Crippen LogP contribution in [-0.4, -0.2) is 8.42 Å². The minimum absolute atomic E-state index is 0.0711. The Bertz CT molecular complexity index is 757. The van der Waals surface area contributed by atoms with Gasteiger partial charge in [0.05, 0.1) is 4.90 Å². The minimum Gasteiger partial charge on any atom is -0.207 e. The van der Waals surface area contributed by atoms with Crippen LogP contribution in [0, 0.1) is 19.7 Å². The molecule has 0 aliphatic rings. The molecule has 0 aromatic heterocycles. The maximum absolute atomic E-state index is 13.3. The normalized spacial score (nSPS) is 13.1. The maximum Gasteiger partial charge on any atom is 0.241 e. The first-order valence-corrected chi connectivity index (χ1v) is 8.13. The molecule has 0 fully saturated rings. The SMILES string of the molecule is Cc1cc(S(=O)(=O)N[C@H](C)c2ccccc2C)ccc1F. The van der Waals surface area contributed by atoms with Crippen LogP contribution < -0.4 is 4.72 Å². The number of hydrogen-bond acceptors (Lipinski definition) is 2. The lowest BCUT2D eigenvalue weighted by molar-refractivity contribution is 0.565. The number of hydrogen-bond donors (Lipinski definition) is 1. The molecule has 0 bridgehead atoms. The maximum atomic E-state index is 13.3. The molecule has 0 aliphatic carbocycles. The van der Waals surface area contributed by atoms with Crippen molar-refractivity contribution in [3.8, 4) is 0 Å². The van der Waals surface area contributed by atoms with E-state index in [1.807, 2.05) is 31.2 Å². The minimum atomic E-state index is -3.68. The van der Waals surface area contributed by atoms with Crippen molar-refractivity contribution in [1.82, 2.24) is 4.72 Å². The van der Waals surface area contributed by atoms with E-state index in [0.717, 1.165) is 11.1 Å². The van der Waals surface area contributed by atoms with Crippen LogP contribution in [0.1, 0.15) is 29.7 Å². The lowest BCUT2D eigenvalue weighted by Gasteiger charge is -2.17. The third kappa shape index (κ3) is 3.49. The smallest absolute Gasteiger partial charge is 0.207 e. The van der Waals surface area contributed by atoms with Crippen molar-refractivity contribution in [2.75, 3.05) is 0 Å². The monoisotopic (exact) mass is 307 g/mol. The van der Waals surface area contributed by atoms with E-state index in [2.05, 4.69) is 4.72 Å². The van der Waals surface area contributed by atoms with Crippen LogP contribution in [0.4, 0.5) is 4.39 Å². The summed E-state index contributed by atoms with van der Waals surface area (Å²) < 4.78 is 40.6. The summed E-state index contributed by atoms with van der Waals surface area (Å²) in [5.41, 5.74) is 2.24. The highest BCUT2D eigenvalue weighted by Gasteiger charge is 2.19. The Morgan fingerprint density at radius 3 is 2.33 bits per heavy atom. The highest BCUT2D eigenvalue weighted by Crippen LogP contribution is 2.21. The predicted molar refractivity (Wildman–Crippen MR) is 81.1 cm³/mol. The van der Waals surface area contributed by atoms with Gasteiger partial charge in [-0.15, -0.1) is 0 Å². The summed E-state index contributed by atoms with van der Waals surface area (Å²) in [6.07, 6.45) is 0. The number of sulfonamides is 1. The molecule has 1 N–H and O–H groups in total. The summed E-state index contributed by atoms with van der Waals surface area (Å²) in [7, 11) is -3.68. The van der Waals surface area contributed by atoms with E-state index in [4.69, 9.17) is 0 Å². The molecule has 0 unspecified atom stereocenters. The molecule has 0 amide bonds. The predicted octanol–water partition coefficient (Wildman–Crippen LogP) is 3.48. The Morgan fingerprint density at radius 2 is 1.71 bits per heavy atom. The third-order valence-corrected chi connectivity index (χ3v) is 4.96. The molecule has 112 valence electrons. The van der Waals surface area contributed by atoms with Crippen LogP contribution in [0.2, 0.25) is 0 Å². The summed E-state index contributed by atoms with van der Waals surface area (Å²) in [5.74, 6) is -0.416. The topological polar surface area (TPSA) is 46.2 Å². The third-order valence-electron chi connectivity index (χ3n) is 3.43. The van der Waals surface area contributed by atoms with E-state index in [0.29, 0.717) is 5.56 Å². The van der Waals surface area contributed by atoms with Crippen LogP contribution in [0.25, 0.3) is 0 Å². The van der Waals surface area contributed by atoms with Gasteiger partial charge in [0.1, 0.15) is 5.82 Å². The zero-order chi connectivity index (χ0) is 15.6. The van der Waals surface area contributed by atoms with E-state index < -0.39 is 15.8 Å². The van der Waals surface area contributed by atoms with Gasteiger partial charge in [-0.3, -0.25) is 0 Å². The van der Waals surface area contributed by atoms with Gasteiger partial charge in [-0.1, -0.05) is 24.3 Å². The van der Waals surface area contributed by atoms with Crippen molar-refractivity contribution < 1.29 is 12.8 Å². The van der Waals surface area contributed by atoms with Crippen molar-refractivity contribution in [3.63, 3.8) is 0 Å². The van der Waals surface area contributed by atoms with Gasteiger partial charge >= 0.3 is 0 Å². The molecule has 0 radical (unpaired) electrons. The van der Waals surface area contributed by atoms with E-state index >= 15 is 0 Å². The Kier molecular flexibility index (Phi) is 4.44. The van der Waals surface area contributed by atoms with Crippen molar-refractivity contribution in [2.24, 2.45) is 0 Å². The molecule has 5 heteroatoms. The van der Waals surface area contributed by atoms with E-state index in [9.17, 15) is 12.8 Å². The van der Waals surface area contributed by atoms with Crippen LogP contribution in [-0.2, 0) is 10.0 Å². The molecule has 2 aromatic rings.